The molecule has 0 radical (unpaired) electrons. The van der Waals surface area contributed by atoms with Crippen LogP contribution >= 0.6 is 0 Å². The third-order valence-corrected chi connectivity index (χ3v) is 3.98. The Labute approximate surface area is 153 Å². The van der Waals surface area contributed by atoms with E-state index in [1.807, 2.05) is 48.7 Å². The van der Waals surface area contributed by atoms with Crippen molar-refractivity contribution in [2.75, 3.05) is 21.3 Å². The second-order valence-electron chi connectivity index (χ2n) is 5.62. The minimum atomic E-state index is 0.431. The molecule has 2 aromatic carbocycles. The molecule has 1 heterocycles. The summed E-state index contributed by atoms with van der Waals surface area (Å²) in [5.74, 6) is 2.96. The average Bonchev–Trinajstić information content (AvgIpc) is 2.72. The standard InChI is InChI=1S/C21H21NO4/c1-23-18-5-7-19(8-6-18)26-14-15-10-17(13-22-12-15)16-4-9-20(24-2)21(11-16)25-3/h4-13H,14H2,1-3H3. The molecule has 1 aromatic heterocycles. The van der Waals surface area contributed by atoms with Crippen LogP contribution in [-0.4, -0.2) is 26.3 Å². The van der Waals surface area contributed by atoms with Crippen LogP contribution in [-0.2, 0) is 6.61 Å². The summed E-state index contributed by atoms with van der Waals surface area (Å²) in [6.07, 6.45) is 3.62. The van der Waals surface area contributed by atoms with E-state index in [1.165, 1.54) is 0 Å². The molecule has 0 aliphatic rings. The number of rotatable bonds is 7. The molecule has 0 unspecified atom stereocenters. The van der Waals surface area contributed by atoms with Gasteiger partial charge in [0.15, 0.2) is 11.5 Å². The normalized spacial score (nSPS) is 10.3. The van der Waals surface area contributed by atoms with Gasteiger partial charge in [-0.15, -0.1) is 0 Å². The minimum absolute atomic E-state index is 0.431. The lowest BCUT2D eigenvalue weighted by atomic mass is 10.1. The van der Waals surface area contributed by atoms with Gasteiger partial charge in [0.1, 0.15) is 18.1 Å². The topological polar surface area (TPSA) is 49.8 Å². The van der Waals surface area contributed by atoms with Crippen molar-refractivity contribution in [2.45, 2.75) is 6.61 Å². The monoisotopic (exact) mass is 351 g/mol. The number of aromatic nitrogens is 1. The van der Waals surface area contributed by atoms with Crippen LogP contribution in [0.3, 0.4) is 0 Å². The number of benzene rings is 2. The predicted molar refractivity (Wildman–Crippen MR) is 100 cm³/mol. The molecule has 3 aromatic rings. The van der Waals surface area contributed by atoms with Crippen molar-refractivity contribution in [2.24, 2.45) is 0 Å². The van der Waals surface area contributed by atoms with Crippen LogP contribution in [0, 0.1) is 0 Å². The van der Waals surface area contributed by atoms with Crippen LogP contribution in [0.4, 0.5) is 0 Å². The molecule has 26 heavy (non-hydrogen) atoms. The van der Waals surface area contributed by atoms with Gasteiger partial charge >= 0.3 is 0 Å². The summed E-state index contributed by atoms with van der Waals surface area (Å²) >= 11 is 0. The molecule has 134 valence electrons. The fraction of sp³-hybridized carbons (Fsp3) is 0.190. The second kappa shape index (κ2) is 8.25. The highest BCUT2D eigenvalue weighted by Gasteiger charge is 2.07. The van der Waals surface area contributed by atoms with Gasteiger partial charge in [-0.1, -0.05) is 6.07 Å². The summed E-state index contributed by atoms with van der Waals surface area (Å²) in [6.45, 7) is 0.431. The molecule has 0 fully saturated rings. The van der Waals surface area contributed by atoms with Crippen LogP contribution in [0.5, 0.6) is 23.0 Å². The molecule has 0 amide bonds. The number of methoxy groups -OCH3 is 3. The van der Waals surface area contributed by atoms with E-state index in [1.54, 1.807) is 27.5 Å². The van der Waals surface area contributed by atoms with E-state index in [0.717, 1.165) is 28.2 Å². The Kier molecular flexibility index (Phi) is 5.59. The zero-order chi connectivity index (χ0) is 18.4. The Hall–Kier alpha value is -3.21. The number of ether oxygens (including phenoxy) is 4. The predicted octanol–water partition coefficient (Wildman–Crippen LogP) is 4.35. The largest absolute Gasteiger partial charge is 0.497 e. The molecular weight excluding hydrogens is 330 g/mol. The summed E-state index contributed by atoms with van der Waals surface area (Å²) < 4.78 is 21.6. The summed E-state index contributed by atoms with van der Waals surface area (Å²) in [5, 5.41) is 0. The van der Waals surface area contributed by atoms with Crippen molar-refractivity contribution in [1.82, 2.24) is 4.98 Å². The van der Waals surface area contributed by atoms with Gasteiger partial charge in [-0.25, -0.2) is 0 Å². The third kappa shape index (κ3) is 4.06. The summed E-state index contributed by atoms with van der Waals surface area (Å²) in [6, 6.07) is 15.3. The van der Waals surface area contributed by atoms with Gasteiger partial charge in [0.05, 0.1) is 21.3 Å². The molecule has 0 aliphatic heterocycles. The Morgan fingerprint density at radius 2 is 1.42 bits per heavy atom. The first-order valence-electron chi connectivity index (χ1n) is 8.16. The fourth-order valence-corrected chi connectivity index (χ4v) is 2.58. The van der Waals surface area contributed by atoms with Crippen molar-refractivity contribution in [3.8, 4) is 34.1 Å². The summed E-state index contributed by atoms with van der Waals surface area (Å²) in [4.78, 5) is 4.33. The maximum atomic E-state index is 5.82. The molecule has 0 atom stereocenters. The Balaban J connectivity index is 1.75. The summed E-state index contributed by atoms with van der Waals surface area (Å²) in [7, 11) is 4.89. The maximum absolute atomic E-state index is 5.82. The van der Waals surface area contributed by atoms with Gasteiger partial charge < -0.3 is 18.9 Å². The highest BCUT2D eigenvalue weighted by molar-refractivity contribution is 5.67. The lowest BCUT2D eigenvalue weighted by Gasteiger charge is -2.11. The van der Waals surface area contributed by atoms with Crippen molar-refractivity contribution in [1.29, 1.82) is 0 Å². The molecule has 0 N–H and O–H groups in total. The first kappa shape index (κ1) is 17.6. The van der Waals surface area contributed by atoms with Crippen LogP contribution in [0.15, 0.2) is 60.9 Å². The van der Waals surface area contributed by atoms with E-state index in [2.05, 4.69) is 11.1 Å². The number of hydrogen-bond acceptors (Lipinski definition) is 5. The number of hydrogen-bond donors (Lipinski definition) is 0. The van der Waals surface area contributed by atoms with Gasteiger partial charge in [-0.2, -0.15) is 0 Å². The molecule has 0 saturated carbocycles. The number of nitrogens with zero attached hydrogens (tertiary/aromatic N) is 1. The van der Waals surface area contributed by atoms with Gasteiger partial charge in [-0.3, -0.25) is 4.98 Å². The Bertz CT molecular complexity index is 862. The molecular formula is C21H21NO4. The molecule has 5 nitrogen and oxygen atoms in total. The van der Waals surface area contributed by atoms with Crippen molar-refractivity contribution in [3.63, 3.8) is 0 Å². The molecule has 0 spiro atoms. The van der Waals surface area contributed by atoms with E-state index in [0.29, 0.717) is 18.1 Å². The van der Waals surface area contributed by atoms with Crippen LogP contribution in [0.1, 0.15) is 5.56 Å². The second-order valence-corrected chi connectivity index (χ2v) is 5.62. The van der Waals surface area contributed by atoms with Gasteiger partial charge in [0.25, 0.3) is 0 Å². The minimum Gasteiger partial charge on any atom is -0.497 e. The van der Waals surface area contributed by atoms with Gasteiger partial charge in [0.2, 0.25) is 0 Å². The Morgan fingerprint density at radius 1 is 0.692 bits per heavy atom. The van der Waals surface area contributed by atoms with Crippen molar-refractivity contribution in [3.05, 3.63) is 66.5 Å². The highest BCUT2D eigenvalue weighted by atomic mass is 16.5. The lowest BCUT2D eigenvalue weighted by Crippen LogP contribution is -1.97. The Morgan fingerprint density at radius 3 is 2.12 bits per heavy atom. The smallest absolute Gasteiger partial charge is 0.161 e. The van der Waals surface area contributed by atoms with Gasteiger partial charge in [-0.05, 0) is 48.0 Å². The molecule has 5 heteroatoms. The molecule has 0 saturated heterocycles. The third-order valence-electron chi connectivity index (χ3n) is 3.98. The number of pyridine rings is 1. The first-order valence-corrected chi connectivity index (χ1v) is 8.16. The quantitative estimate of drug-likeness (QED) is 0.633. The highest BCUT2D eigenvalue weighted by Crippen LogP contribution is 2.32. The zero-order valence-corrected chi connectivity index (χ0v) is 15.1. The maximum Gasteiger partial charge on any atom is 0.161 e. The molecule has 3 rings (SSSR count). The van der Waals surface area contributed by atoms with E-state index < -0.39 is 0 Å². The van der Waals surface area contributed by atoms with Crippen LogP contribution in [0.25, 0.3) is 11.1 Å². The van der Waals surface area contributed by atoms with E-state index >= 15 is 0 Å². The van der Waals surface area contributed by atoms with Crippen LogP contribution in [0.2, 0.25) is 0 Å². The average molecular weight is 351 g/mol. The first-order chi connectivity index (χ1) is 12.7. The van der Waals surface area contributed by atoms with Crippen LogP contribution < -0.4 is 18.9 Å². The SMILES string of the molecule is COc1ccc(OCc2cncc(-c3ccc(OC)c(OC)c3)c2)cc1. The van der Waals surface area contributed by atoms with E-state index in [-0.39, 0.29) is 0 Å². The van der Waals surface area contributed by atoms with E-state index in [4.69, 9.17) is 18.9 Å². The summed E-state index contributed by atoms with van der Waals surface area (Å²) in [5.41, 5.74) is 2.97. The zero-order valence-electron chi connectivity index (χ0n) is 15.1. The van der Waals surface area contributed by atoms with E-state index in [9.17, 15) is 0 Å². The molecule has 0 bridgehead atoms. The lowest BCUT2D eigenvalue weighted by molar-refractivity contribution is 0.305. The molecule has 0 aliphatic carbocycles. The van der Waals surface area contributed by atoms with Gasteiger partial charge in [0, 0.05) is 23.5 Å². The fourth-order valence-electron chi connectivity index (χ4n) is 2.58. The van der Waals surface area contributed by atoms with Crippen molar-refractivity contribution < 1.29 is 18.9 Å². The van der Waals surface area contributed by atoms with Crippen molar-refractivity contribution >= 4 is 0 Å².